The van der Waals surface area contributed by atoms with Gasteiger partial charge < -0.3 is 9.80 Å². The second-order valence-electron chi connectivity index (χ2n) is 7.18. The first-order valence-electron chi connectivity index (χ1n) is 7.95. The number of quaternary nitrogens is 2. The highest BCUT2D eigenvalue weighted by Crippen LogP contribution is 2.25. The summed E-state index contributed by atoms with van der Waals surface area (Å²) in [5.74, 6) is 0.990. The van der Waals surface area contributed by atoms with E-state index in [9.17, 15) is 0 Å². The zero-order valence-electron chi connectivity index (χ0n) is 13.8. The molecule has 22 heavy (non-hydrogen) atoms. The van der Waals surface area contributed by atoms with Gasteiger partial charge in [0, 0.05) is 0 Å². The average molecular weight is 322 g/mol. The average Bonchev–Trinajstić information content (AvgIpc) is 3.12. The van der Waals surface area contributed by atoms with Gasteiger partial charge >= 0.3 is 0 Å². The van der Waals surface area contributed by atoms with E-state index >= 15 is 0 Å². The maximum atomic E-state index is 4.41. The SMILES string of the molecule is C[NH+]1CC[NH+]([C@@H](c2cccs2)c2nnnn2C(C)(C)C)CC1. The Morgan fingerprint density at radius 3 is 2.55 bits per heavy atom. The second kappa shape index (κ2) is 6.06. The largest absolute Gasteiger partial charge is 0.328 e. The van der Waals surface area contributed by atoms with Gasteiger partial charge in [-0.05, 0) is 42.6 Å². The summed E-state index contributed by atoms with van der Waals surface area (Å²) in [6.07, 6.45) is 0. The fraction of sp³-hybridized carbons (Fsp3) is 0.667. The van der Waals surface area contributed by atoms with E-state index in [1.165, 1.54) is 18.0 Å². The Morgan fingerprint density at radius 2 is 1.95 bits per heavy atom. The predicted octanol–water partition coefficient (Wildman–Crippen LogP) is -1.01. The van der Waals surface area contributed by atoms with Crippen LogP contribution in [0.4, 0.5) is 0 Å². The highest BCUT2D eigenvalue weighted by Gasteiger charge is 2.37. The van der Waals surface area contributed by atoms with Crippen LogP contribution in [0.5, 0.6) is 0 Å². The third-order valence-corrected chi connectivity index (χ3v) is 5.31. The van der Waals surface area contributed by atoms with Gasteiger partial charge in [-0.1, -0.05) is 6.07 Å². The van der Waals surface area contributed by atoms with E-state index in [0.29, 0.717) is 0 Å². The van der Waals surface area contributed by atoms with E-state index < -0.39 is 0 Å². The number of tetrazole rings is 1. The Labute approximate surface area is 135 Å². The van der Waals surface area contributed by atoms with Crippen molar-refractivity contribution in [2.24, 2.45) is 0 Å². The number of likely N-dealkylation sites (N-methyl/N-ethyl adjacent to an activating group) is 1. The minimum Gasteiger partial charge on any atom is -0.328 e. The van der Waals surface area contributed by atoms with Crippen LogP contribution in [0.1, 0.15) is 37.5 Å². The minimum atomic E-state index is -0.106. The van der Waals surface area contributed by atoms with Crippen LogP contribution in [0.3, 0.4) is 0 Å². The lowest BCUT2D eigenvalue weighted by atomic mass is 10.1. The molecule has 0 radical (unpaired) electrons. The van der Waals surface area contributed by atoms with Gasteiger partial charge in [0.1, 0.15) is 26.2 Å². The summed E-state index contributed by atoms with van der Waals surface area (Å²) in [5, 5.41) is 14.8. The quantitative estimate of drug-likeness (QED) is 0.762. The first kappa shape index (κ1) is 15.6. The molecule has 1 atom stereocenters. The van der Waals surface area contributed by atoms with Crippen LogP contribution in [-0.2, 0) is 5.54 Å². The molecule has 120 valence electrons. The van der Waals surface area contributed by atoms with Crippen LogP contribution in [-0.4, -0.2) is 53.4 Å². The van der Waals surface area contributed by atoms with Crippen LogP contribution < -0.4 is 9.80 Å². The van der Waals surface area contributed by atoms with Gasteiger partial charge in [-0.2, -0.15) is 0 Å². The van der Waals surface area contributed by atoms with Crippen molar-refractivity contribution in [1.29, 1.82) is 0 Å². The fourth-order valence-corrected chi connectivity index (χ4v) is 3.98. The van der Waals surface area contributed by atoms with Crippen LogP contribution in [0, 0.1) is 0 Å². The molecule has 2 N–H and O–H groups in total. The van der Waals surface area contributed by atoms with E-state index in [1.807, 2.05) is 4.68 Å². The normalized spacial score (nSPS) is 24.4. The Kier molecular flexibility index (Phi) is 4.29. The third kappa shape index (κ3) is 3.06. The van der Waals surface area contributed by atoms with E-state index in [0.717, 1.165) is 18.9 Å². The van der Waals surface area contributed by atoms with Gasteiger partial charge in [0.05, 0.1) is 17.5 Å². The Balaban J connectivity index is 1.98. The van der Waals surface area contributed by atoms with Crippen molar-refractivity contribution in [3.05, 3.63) is 28.2 Å². The first-order valence-corrected chi connectivity index (χ1v) is 8.83. The van der Waals surface area contributed by atoms with Crippen molar-refractivity contribution in [2.75, 3.05) is 33.2 Å². The molecule has 0 amide bonds. The van der Waals surface area contributed by atoms with E-state index in [4.69, 9.17) is 0 Å². The monoisotopic (exact) mass is 322 g/mol. The highest BCUT2D eigenvalue weighted by molar-refractivity contribution is 7.10. The number of thiophene rings is 1. The molecular weight excluding hydrogens is 296 g/mol. The van der Waals surface area contributed by atoms with Gasteiger partial charge in [0.25, 0.3) is 0 Å². The van der Waals surface area contributed by atoms with E-state index in [-0.39, 0.29) is 11.6 Å². The van der Waals surface area contributed by atoms with Crippen molar-refractivity contribution >= 4 is 11.3 Å². The molecule has 3 heterocycles. The Morgan fingerprint density at radius 1 is 1.23 bits per heavy atom. The van der Waals surface area contributed by atoms with Crippen molar-refractivity contribution in [2.45, 2.75) is 32.4 Å². The standard InChI is InChI=1S/C15H24N6S/c1-15(2,3)21-14(16-17-18-21)13(12-6-5-11-22-12)20-9-7-19(4)8-10-20/h5-6,11,13H,7-10H2,1-4H3/p+2/t13-/m0/s1. The maximum Gasteiger partial charge on any atom is 0.215 e. The molecule has 0 unspecified atom stereocenters. The molecule has 2 aromatic rings. The third-order valence-electron chi connectivity index (χ3n) is 4.37. The summed E-state index contributed by atoms with van der Waals surface area (Å²) in [7, 11) is 2.27. The zero-order valence-corrected chi connectivity index (χ0v) is 14.7. The van der Waals surface area contributed by atoms with E-state index in [2.05, 4.69) is 60.9 Å². The lowest BCUT2D eigenvalue weighted by Gasteiger charge is -2.33. The smallest absolute Gasteiger partial charge is 0.215 e. The topological polar surface area (TPSA) is 52.5 Å². The van der Waals surface area contributed by atoms with Crippen LogP contribution in [0.15, 0.2) is 17.5 Å². The molecule has 1 fully saturated rings. The van der Waals surface area contributed by atoms with Crippen molar-refractivity contribution in [3.63, 3.8) is 0 Å². The maximum absolute atomic E-state index is 4.41. The van der Waals surface area contributed by atoms with Crippen LogP contribution in [0.25, 0.3) is 0 Å². The van der Waals surface area contributed by atoms with Gasteiger partial charge in [-0.15, -0.1) is 16.4 Å². The molecule has 0 aromatic carbocycles. The molecular formula is C15H26N6S+2. The number of hydrogen-bond donors (Lipinski definition) is 2. The molecule has 0 bridgehead atoms. The number of rotatable bonds is 3. The van der Waals surface area contributed by atoms with Crippen molar-refractivity contribution < 1.29 is 9.80 Å². The lowest BCUT2D eigenvalue weighted by molar-refractivity contribution is -1.02. The molecule has 0 aliphatic carbocycles. The van der Waals surface area contributed by atoms with Crippen molar-refractivity contribution in [1.82, 2.24) is 20.2 Å². The zero-order chi connectivity index (χ0) is 15.7. The summed E-state index contributed by atoms with van der Waals surface area (Å²) in [6, 6.07) is 4.58. The van der Waals surface area contributed by atoms with Crippen LogP contribution >= 0.6 is 11.3 Å². The molecule has 6 nitrogen and oxygen atoms in total. The fourth-order valence-electron chi connectivity index (χ4n) is 3.10. The van der Waals surface area contributed by atoms with Gasteiger partial charge in [-0.25, -0.2) is 4.68 Å². The summed E-state index contributed by atoms with van der Waals surface area (Å²) in [6.45, 7) is 11.2. The Bertz CT molecular complexity index is 592. The highest BCUT2D eigenvalue weighted by atomic mass is 32.1. The molecule has 1 saturated heterocycles. The van der Waals surface area contributed by atoms with Crippen LogP contribution in [0.2, 0.25) is 0 Å². The molecule has 7 heteroatoms. The molecule has 3 rings (SSSR count). The van der Waals surface area contributed by atoms with E-state index in [1.54, 1.807) is 21.1 Å². The number of nitrogens with one attached hydrogen (secondary N) is 2. The molecule has 0 spiro atoms. The first-order chi connectivity index (χ1) is 10.5. The summed E-state index contributed by atoms with van der Waals surface area (Å²) >= 11 is 1.81. The Hall–Kier alpha value is -1.31. The van der Waals surface area contributed by atoms with Gasteiger partial charge in [-0.3, -0.25) is 0 Å². The van der Waals surface area contributed by atoms with Gasteiger partial charge in [0.15, 0.2) is 6.04 Å². The number of nitrogens with zero attached hydrogens (tertiary/aromatic N) is 4. The lowest BCUT2D eigenvalue weighted by Crippen LogP contribution is -3.27. The summed E-state index contributed by atoms with van der Waals surface area (Å²) < 4.78 is 2.00. The summed E-state index contributed by atoms with van der Waals surface area (Å²) in [5.41, 5.74) is -0.106. The second-order valence-corrected chi connectivity index (χ2v) is 8.16. The van der Waals surface area contributed by atoms with Crippen molar-refractivity contribution in [3.8, 4) is 0 Å². The summed E-state index contributed by atoms with van der Waals surface area (Å²) in [4.78, 5) is 4.55. The molecule has 0 saturated carbocycles. The number of piperazine rings is 1. The predicted molar refractivity (Wildman–Crippen MR) is 86.3 cm³/mol. The molecule has 1 aliphatic heterocycles. The number of hydrogen-bond acceptors (Lipinski definition) is 4. The minimum absolute atomic E-state index is 0.106. The molecule has 2 aromatic heterocycles. The molecule has 1 aliphatic rings. The van der Waals surface area contributed by atoms with Gasteiger partial charge in [0.2, 0.25) is 5.82 Å². The number of aromatic nitrogens is 4.